The maximum absolute atomic E-state index is 10.6. The average Bonchev–Trinajstić information content (AvgIpc) is 2.77. The first kappa shape index (κ1) is 11.4. The van der Waals surface area contributed by atoms with E-state index >= 15 is 0 Å². The van der Waals surface area contributed by atoms with Crippen molar-refractivity contribution >= 4 is 0 Å². The minimum atomic E-state index is -0.558. The molecule has 2 nitrogen and oxygen atoms in total. The number of rotatable bonds is 2. The fourth-order valence-corrected chi connectivity index (χ4v) is 3.35. The smallest absolute Gasteiger partial charge is 0.0829 e. The largest absolute Gasteiger partial charge is 0.388 e. The molecule has 15 heavy (non-hydrogen) atoms. The molecule has 0 bridgehead atoms. The minimum Gasteiger partial charge on any atom is -0.388 e. The van der Waals surface area contributed by atoms with Gasteiger partial charge in [-0.15, -0.1) is 0 Å². The van der Waals surface area contributed by atoms with Crippen LogP contribution in [0.2, 0.25) is 0 Å². The molecular formula is C13H25NO. The Balaban J connectivity index is 1.98. The van der Waals surface area contributed by atoms with Gasteiger partial charge in [0.2, 0.25) is 0 Å². The summed E-state index contributed by atoms with van der Waals surface area (Å²) in [4.78, 5) is 0. The maximum Gasteiger partial charge on any atom is 0.0829 e. The van der Waals surface area contributed by atoms with Gasteiger partial charge in [-0.1, -0.05) is 20.8 Å². The highest BCUT2D eigenvalue weighted by Crippen LogP contribution is 2.54. The Labute approximate surface area is 93.2 Å². The van der Waals surface area contributed by atoms with E-state index < -0.39 is 5.60 Å². The molecule has 2 atom stereocenters. The van der Waals surface area contributed by atoms with Crippen molar-refractivity contribution < 1.29 is 5.11 Å². The van der Waals surface area contributed by atoms with E-state index in [-0.39, 0.29) is 5.54 Å². The molecule has 2 rings (SSSR count). The van der Waals surface area contributed by atoms with Crippen molar-refractivity contribution in [1.29, 1.82) is 0 Å². The zero-order valence-corrected chi connectivity index (χ0v) is 10.3. The van der Waals surface area contributed by atoms with E-state index in [0.717, 1.165) is 43.9 Å². The van der Waals surface area contributed by atoms with E-state index in [9.17, 15) is 5.11 Å². The fourth-order valence-electron chi connectivity index (χ4n) is 3.35. The van der Waals surface area contributed by atoms with E-state index in [1.54, 1.807) is 0 Å². The molecule has 0 amide bonds. The van der Waals surface area contributed by atoms with Crippen LogP contribution in [0.4, 0.5) is 0 Å². The third kappa shape index (κ3) is 1.72. The molecule has 2 saturated carbocycles. The van der Waals surface area contributed by atoms with E-state index in [0.29, 0.717) is 5.92 Å². The quantitative estimate of drug-likeness (QED) is 0.736. The van der Waals surface area contributed by atoms with Gasteiger partial charge in [-0.3, -0.25) is 0 Å². The van der Waals surface area contributed by atoms with Crippen molar-refractivity contribution in [2.75, 3.05) is 0 Å². The third-order valence-corrected chi connectivity index (χ3v) is 5.03. The normalized spacial score (nSPS) is 50.8. The zero-order valence-electron chi connectivity index (χ0n) is 10.3. The Bertz CT molecular complexity index is 243. The lowest BCUT2D eigenvalue weighted by Crippen LogP contribution is -2.54. The molecular weight excluding hydrogens is 186 g/mol. The predicted molar refractivity (Wildman–Crippen MR) is 62.4 cm³/mol. The average molecular weight is 211 g/mol. The van der Waals surface area contributed by atoms with Crippen molar-refractivity contribution in [3.63, 3.8) is 0 Å². The van der Waals surface area contributed by atoms with Crippen molar-refractivity contribution in [3.8, 4) is 0 Å². The summed E-state index contributed by atoms with van der Waals surface area (Å²) in [6, 6.07) is 0. The van der Waals surface area contributed by atoms with Crippen LogP contribution in [-0.2, 0) is 0 Å². The van der Waals surface area contributed by atoms with Crippen molar-refractivity contribution in [2.24, 2.45) is 23.5 Å². The van der Waals surface area contributed by atoms with Crippen LogP contribution in [0.15, 0.2) is 0 Å². The summed E-state index contributed by atoms with van der Waals surface area (Å²) in [5.41, 5.74) is 5.46. The number of hydrogen-bond donors (Lipinski definition) is 2. The first-order valence-corrected chi connectivity index (χ1v) is 6.40. The van der Waals surface area contributed by atoms with E-state index in [2.05, 4.69) is 20.8 Å². The lowest BCUT2D eigenvalue weighted by atomic mass is 9.70. The summed E-state index contributed by atoms with van der Waals surface area (Å²) in [6.07, 6.45) is 5.14. The predicted octanol–water partition coefficient (Wildman–Crippen LogP) is 2.30. The molecule has 3 N–H and O–H groups in total. The van der Waals surface area contributed by atoms with Crippen molar-refractivity contribution in [2.45, 2.75) is 64.0 Å². The molecule has 2 heteroatoms. The molecule has 2 aliphatic carbocycles. The van der Waals surface area contributed by atoms with Gasteiger partial charge >= 0.3 is 0 Å². The Morgan fingerprint density at radius 3 is 2.07 bits per heavy atom. The van der Waals surface area contributed by atoms with Crippen molar-refractivity contribution in [3.05, 3.63) is 0 Å². The number of nitrogens with two attached hydrogens (primary N) is 1. The van der Waals surface area contributed by atoms with Gasteiger partial charge in [-0.05, 0) is 49.9 Å². The van der Waals surface area contributed by atoms with Gasteiger partial charge in [0, 0.05) is 5.54 Å². The molecule has 2 aliphatic rings. The monoisotopic (exact) mass is 211 g/mol. The zero-order chi connectivity index (χ0) is 11.3. The second kappa shape index (κ2) is 3.46. The molecule has 0 saturated heterocycles. The van der Waals surface area contributed by atoms with Crippen LogP contribution in [0.3, 0.4) is 0 Å². The summed E-state index contributed by atoms with van der Waals surface area (Å²) in [6.45, 7) is 6.73. The highest BCUT2D eigenvalue weighted by atomic mass is 16.3. The molecule has 88 valence electrons. The van der Waals surface area contributed by atoms with Crippen LogP contribution in [0.25, 0.3) is 0 Å². The number of hydrogen-bond acceptors (Lipinski definition) is 2. The Morgan fingerprint density at radius 1 is 1.27 bits per heavy atom. The summed E-state index contributed by atoms with van der Waals surface area (Å²) >= 11 is 0. The van der Waals surface area contributed by atoms with Gasteiger partial charge < -0.3 is 10.8 Å². The van der Waals surface area contributed by atoms with E-state index in [1.165, 1.54) is 0 Å². The van der Waals surface area contributed by atoms with Gasteiger partial charge in [-0.2, -0.15) is 0 Å². The maximum atomic E-state index is 10.6. The highest BCUT2D eigenvalue weighted by Gasteiger charge is 2.61. The van der Waals surface area contributed by atoms with Gasteiger partial charge in [-0.25, -0.2) is 0 Å². The summed E-state index contributed by atoms with van der Waals surface area (Å²) in [5.74, 6) is 2.06. The SMILES string of the molecule is CC(C)C1CCC(O)(C2(N)CC2C)CC1. The van der Waals surface area contributed by atoms with Gasteiger partial charge in [0.15, 0.2) is 0 Å². The molecule has 2 unspecified atom stereocenters. The van der Waals surface area contributed by atoms with Crippen LogP contribution in [0.5, 0.6) is 0 Å². The van der Waals surface area contributed by atoms with Crippen LogP contribution >= 0.6 is 0 Å². The first-order valence-electron chi connectivity index (χ1n) is 6.40. The molecule has 2 fully saturated rings. The standard InChI is InChI=1S/C13H25NO/c1-9(2)11-4-6-12(15,7-5-11)13(14)8-10(13)3/h9-11,15H,4-8,14H2,1-3H3. The van der Waals surface area contributed by atoms with E-state index in [1.807, 2.05) is 0 Å². The second-order valence-corrected chi connectivity index (χ2v) is 6.26. The summed E-state index contributed by atoms with van der Waals surface area (Å²) in [7, 11) is 0. The van der Waals surface area contributed by atoms with Crippen LogP contribution < -0.4 is 5.73 Å². The Morgan fingerprint density at radius 2 is 1.73 bits per heavy atom. The Kier molecular flexibility index (Phi) is 2.63. The lowest BCUT2D eigenvalue weighted by Gasteiger charge is -2.42. The molecule has 0 spiro atoms. The first-order chi connectivity index (χ1) is 6.89. The fraction of sp³-hybridized carbons (Fsp3) is 1.00. The summed E-state index contributed by atoms with van der Waals surface area (Å²) < 4.78 is 0. The van der Waals surface area contributed by atoms with Gasteiger partial charge in [0.25, 0.3) is 0 Å². The molecule has 0 aliphatic heterocycles. The lowest BCUT2D eigenvalue weighted by molar-refractivity contribution is -0.0486. The summed E-state index contributed by atoms with van der Waals surface area (Å²) in [5, 5.41) is 10.6. The second-order valence-electron chi connectivity index (χ2n) is 6.26. The molecule has 0 heterocycles. The van der Waals surface area contributed by atoms with E-state index in [4.69, 9.17) is 5.73 Å². The van der Waals surface area contributed by atoms with Gasteiger partial charge in [0.05, 0.1) is 5.60 Å². The molecule has 0 aromatic carbocycles. The number of aliphatic hydroxyl groups is 1. The molecule has 0 aromatic rings. The highest BCUT2D eigenvalue weighted by molar-refractivity contribution is 5.18. The van der Waals surface area contributed by atoms with Crippen LogP contribution in [0, 0.1) is 17.8 Å². The van der Waals surface area contributed by atoms with Crippen LogP contribution in [-0.4, -0.2) is 16.2 Å². The van der Waals surface area contributed by atoms with Crippen molar-refractivity contribution in [1.82, 2.24) is 0 Å². The minimum absolute atomic E-state index is 0.255. The van der Waals surface area contributed by atoms with Crippen LogP contribution in [0.1, 0.15) is 52.9 Å². The van der Waals surface area contributed by atoms with Gasteiger partial charge in [0.1, 0.15) is 0 Å². The molecule has 0 radical (unpaired) electrons. The topological polar surface area (TPSA) is 46.2 Å². The third-order valence-electron chi connectivity index (χ3n) is 5.03. The molecule has 0 aromatic heterocycles. The Hall–Kier alpha value is -0.0800.